The minimum absolute atomic E-state index is 0.0822. The number of hydrogen-bond donors (Lipinski definition) is 1. The van der Waals surface area contributed by atoms with Crippen LogP contribution < -0.4 is 5.32 Å². The van der Waals surface area contributed by atoms with Crippen molar-refractivity contribution in [1.29, 1.82) is 0 Å². The van der Waals surface area contributed by atoms with Crippen LogP contribution in [-0.4, -0.2) is 34.0 Å². The molecule has 1 aliphatic rings. The Morgan fingerprint density at radius 1 is 1.57 bits per heavy atom. The zero-order valence-electron chi connectivity index (χ0n) is 8.61. The van der Waals surface area contributed by atoms with Crippen molar-refractivity contribution in [2.45, 2.75) is 13.1 Å². The molecule has 2 rings (SSSR count). The molecular formula is C9H14N4O. The van der Waals surface area contributed by atoms with Crippen molar-refractivity contribution < 1.29 is 4.79 Å². The summed E-state index contributed by atoms with van der Waals surface area (Å²) in [7, 11) is 3.74. The lowest BCUT2D eigenvalue weighted by molar-refractivity contribution is -0.126. The van der Waals surface area contributed by atoms with Crippen LogP contribution in [0, 0.1) is 6.92 Å². The van der Waals surface area contributed by atoms with Crippen molar-refractivity contribution >= 4 is 5.91 Å². The Hall–Kier alpha value is -1.36. The van der Waals surface area contributed by atoms with Crippen molar-refractivity contribution in [1.82, 2.24) is 19.8 Å². The predicted octanol–water partition coefficient (Wildman–Crippen LogP) is -0.211. The van der Waals surface area contributed by atoms with Crippen LogP contribution in [0.4, 0.5) is 0 Å². The molecule has 0 spiro atoms. The molecule has 1 unspecified atom stereocenters. The number of nitrogens with one attached hydrogen (secondary N) is 1. The maximum Gasteiger partial charge on any atom is 0.237 e. The highest BCUT2D eigenvalue weighted by Gasteiger charge is 2.31. The molecule has 76 valence electrons. The van der Waals surface area contributed by atoms with E-state index in [1.165, 1.54) is 0 Å². The highest BCUT2D eigenvalue weighted by Crippen LogP contribution is 2.19. The molecule has 5 heteroatoms. The average Bonchev–Trinajstić information content (AvgIpc) is 2.63. The summed E-state index contributed by atoms with van der Waals surface area (Å²) in [6.45, 7) is 2.39. The summed E-state index contributed by atoms with van der Waals surface area (Å²) in [6.07, 6.45) is 1.73. The van der Waals surface area contributed by atoms with E-state index in [4.69, 9.17) is 0 Å². The van der Waals surface area contributed by atoms with Crippen molar-refractivity contribution in [3.05, 3.63) is 17.7 Å². The summed E-state index contributed by atoms with van der Waals surface area (Å²) < 4.78 is 1.99. The molecule has 2 heterocycles. The van der Waals surface area contributed by atoms with Crippen LogP contribution in [0.25, 0.3) is 0 Å². The van der Waals surface area contributed by atoms with E-state index in [0.717, 1.165) is 11.5 Å². The fourth-order valence-electron chi connectivity index (χ4n) is 1.62. The first-order chi connectivity index (χ1) is 6.61. The lowest BCUT2D eigenvalue weighted by Crippen LogP contribution is -2.28. The van der Waals surface area contributed by atoms with Gasteiger partial charge in [-0.3, -0.25) is 10.1 Å². The standard InChI is InChI=1S/C9H14N4O/c1-6-4-10-8(12(6)2)9-11-5-7(14)13(9)3/h4,9,11H,5H2,1-3H3. The van der Waals surface area contributed by atoms with Gasteiger partial charge in [0.1, 0.15) is 12.0 Å². The molecule has 0 radical (unpaired) electrons. The van der Waals surface area contributed by atoms with Crippen LogP contribution >= 0.6 is 0 Å². The van der Waals surface area contributed by atoms with Gasteiger partial charge in [0.25, 0.3) is 0 Å². The van der Waals surface area contributed by atoms with E-state index in [2.05, 4.69) is 10.3 Å². The highest BCUT2D eigenvalue weighted by atomic mass is 16.2. The van der Waals surface area contributed by atoms with Gasteiger partial charge >= 0.3 is 0 Å². The van der Waals surface area contributed by atoms with E-state index in [9.17, 15) is 4.79 Å². The second-order valence-electron chi connectivity index (χ2n) is 3.60. The zero-order valence-corrected chi connectivity index (χ0v) is 8.61. The van der Waals surface area contributed by atoms with Gasteiger partial charge in [-0.25, -0.2) is 4.98 Å². The van der Waals surface area contributed by atoms with Gasteiger partial charge in [0.05, 0.1) is 6.54 Å². The van der Waals surface area contributed by atoms with E-state index in [1.54, 1.807) is 11.9 Å². The Kier molecular flexibility index (Phi) is 2.03. The Labute approximate surface area is 82.7 Å². The number of nitrogens with zero attached hydrogens (tertiary/aromatic N) is 3. The molecule has 1 fully saturated rings. The summed E-state index contributed by atoms with van der Waals surface area (Å²) >= 11 is 0. The molecule has 0 bridgehead atoms. The second-order valence-corrected chi connectivity index (χ2v) is 3.60. The first-order valence-corrected chi connectivity index (χ1v) is 4.58. The molecule has 1 aliphatic heterocycles. The number of hydrogen-bond acceptors (Lipinski definition) is 3. The Balaban J connectivity index is 2.32. The monoisotopic (exact) mass is 194 g/mol. The van der Waals surface area contributed by atoms with Crippen molar-refractivity contribution in [3.63, 3.8) is 0 Å². The first kappa shape index (κ1) is 9.21. The number of amides is 1. The fourth-order valence-corrected chi connectivity index (χ4v) is 1.62. The number of imidazole rings is 1. The minimum atomic E-state index is -0.0822. The maximum atomic E-state index is 11.3. The predicted molar refractivity (Wildman–Crippen MR) is 51.5 cm³/mol. The SMILES string of the molecule is Cc1cnc(C2NCC(=O)N2C)n1C. The molecule has 1 aromatic rings. The van der Waals surface area contributed by atoms with Crippen molar-refractivity contribution in [2.75, 3.05) is 13.6 Å². The Bertz CT molecular complexity index is 371. The summed E-state index contributed by atoms with van der Waals surface area (Å²) in [5.41, 5.74) is 1.09. The van der Waals surface area contributed by atoms with Crippen LogP contribution in [0.2, 0.25) is 0 Å². The van der Waals surface area contributed by atoms with E-state index in [1.807, 2.05) is 24.7 Å². The lowest BCUT2D eigenvalue weighted by Gasteiger charge is -2.19. The van der Waals surface area contributed by atoms with Gasteiger partial charge in [-0.1, -0.05) is 0 Å². The molecule has 5 nitrogen and oxygen atoms in total. The van der Waals surface area contributed by atoms with Crippen LogP contribution in [0.15, 0.2) is 6.20 Å². The molecular weight excluding hydrogens is 180 g/mol. The molecule has 0 saturated carbocycles. The third kappa shape index (κ3) is 1.21. The number of aromatic nitrogens is 2. The summed E-state index contributed by atoms with van der Waals surface area (Å²) in [4.78, 5) is 17.3. The molecule has 1 atom stereocenters. The molecule has 1 amide bonds. The van der Waals surface area contributed by atoms with Gasteiger partial charge in [0.15, 0.2) is 0 Å². The highest BCUT2D eigenvalue weighted by molar-refractivity contribution is 5.80. The van der Waals surface area contributed by atoms with Crippen LogP contribution in [-0.2, 0) is 11.8 Å². The zero-order chi connectivity index (χ0) is 10.3. The van der Waals surface area contributed by atoms with Gasteiger partial charge in [-0.05, 0) is 6.92 Å². The first-order valence-electron chi connectivity index (χ1n) is 4.58. The number of rotatable bonds is 1. The number of aryl methyl sites for hydroxylation is 1. The van der Waals surface area contributed by atoms with Gasteiger partial charge in [0.2, 0.25) is 5.91 Å². The smallest absolute Gasteiger partial charge is 0.237 e. The van der Waals surface area contributed by atoms with Crippen molar-refractivity contribution in [2.24, 2.45) is 7.05 Å². The normalized spacial score (nSPS) is 22.1. The summed E-state index contributed by atoms with van der Waals surface area (Å²) in [5, 5.41) is 3.12. The van der Waals surface area contributed by atoms with Crippen LogP contribution in [0.3, 0.4) is 0 Å². The number of likely N-dealkylation sites (N-methyl/N-ethyl adjacent to an activating group) is 1. The van der Waals surface area contributed by atoms with Gasteiger partial charge in [0, 0.05) is 26.0 Å². The van der Waals surface area contributed by atoms with Crippen LogP contribution in [0.1, 0.15) is 17.7 Å². The van der Waals surface area contributed by atoms with E-state index < -0.39 is 0 Å². The van der Waals surface area contributed by atoms with Gasteiger partial charge < -0.3 is 9.47 Å². The molecule has 1 saturated heterocycles. The van der Waals surface area contributed by atoms with E-state index >= 15 is 0 Å². The van der Waals surface area contributed by atoms with Crippen LogP contribution in [0.5, 0.6) is 0 Å². The molecule has 0 aromatic carbocycles. The van der Waals surface area contributed by atoms with Gasteiger partial charge in [-0.15, -0.1) is 0 Å². The maximum absolute atomic E-state index is 11.3. The van der Waals surface area contributed by atoms with Crippen molar-refractivity contribution in [3.8, 4) is 0 Å². The third-order valence-electron chi connectivity index (χ3n) is 2.73. The molecule has 0 aliphatic carbocycles. The van der Waals surface area contributed by atoms with E-state index in [0.29, 0.717) is 6.54 Å². The number of carbonyl (C=O) groups excluding carboxylic acids is 1. The molecule has 1 N–H and O–H groups in total. The third-order valence-corrected chi connectivity index (χ3v) is 2.73. The molecule has 14 heavy (non-hydrogen) atoms. The second kappa shape index (κ2) is 3.09. The lowest BCUT2D eigenvalue weighted by atomic mass is 10.4. The Morgan fingerprint density at radius 3 is 2.71 bits per heavy atom. The summed E-state index contributed by atoms with van der Waals surface area (Å²) in [5.74, 6) is 0.992. The minimum Gasteiger partial charge on any atom is -0.333 e. The largest absolute Gasteiger partial charge is 0.333 e. The fraction of sp³-hybridized carbons (Fsp3) is 0.556. The molecule has 1 aromatic heterocycles. The van der Waals surface area contributed by atoms with Gasteiger partial charge in [-0.2, -0.15) is 0 Å². The average molecular weight is 194 g/mol. The summed E-state index contributed by atoms with van der Waals surface area (Å²) in [6, 6.07) is 0. The quantitative estimate of drug-likeness (QED) is 0.673. The topological polar surface area (TPSA) is 50.2 Å². The van der Waals surface area contributed by atoms with E-state index in [-0.39, 0.29) is 12.1 Å². The Morgan fingerprint density at radius 2 is 2.29 bits per heavy atom. The number of carbonyl (C=O) groups is 1.